The van der Waals surface area contributed by atoms with E-state index in [1.165, 1.54) is 6.07 Å². The highest BCUT2D eigenvalue weighted by molar-refractivity contribution is 5.34. The van der Waals surface area contributed by atoms with Crippen molar-refractivity contribution in [1.82, 2.24) is 15.1 Å². The van der Waals surface area contributed by atoms with E-state index in [1.807, 2.05) is 10.7 Å². The Bertz CT molecular complexity index is 622. The zero-order valence-corrected chi connectivity index (χ0v) is 12.4. The number of nitro benzene ring substituents is 1. The van der Waals surface area contributed by atoms with Crippen LogP contribution in [0, 0.1) is 10.1 Å². The highest BCUT2D eigenvalue weighted by atomic mass is 16.6. The minimum absolute atomic E-state index is 0.126. The van der Waals surface area contributed by atoms with E-state index in [1.54, 1.807) is 12.1 Å². The smallest absolute Gasteiger partial charge is 0.269 e. The molecule has 6 nitrogen and oxygen atoms in total. The molecule has 1 aromatic carbocycles. The van der Waals surface area contributed by atoms with E-state index in [-0.39, 0.29) is 10.6 Å². The summed E-state index contributed by atoms with van der Waals surface area (Å²) in [5.74, 6) is 0. The second kappa shape index (κ2) is 6.99. The van der Waals surface area contributed by atoms with Gasteiger partial charge in [-0.15, -0.1) is 0 Å². The summed E-state index contributed by atoms with van der Waals surface area (Å²) >= 11 is 0. The van der Waals surface area contributed by atoms with E-state index in [9.17, 15) is 10.1 Å². The number of nitro groups is 1. The van der Waals surface area contributed by atoms with Gasteiger partial charge < -0.3 is 5.32 Å². The van der Waals surface area contributed by atoms with Gasteiger partial charge in [-0.05, 0) is 25.0 Å². The third-order valence-electron chi connectivity index (χ3n) is 3.33. The van der Waals surface area contributed by atoms with E-state index in [0.717, 1.165) is 29.9 Å². The quantitative estimate of drug-likeness (QED) is 0.628. The lowest BCUT2D eigenvalue weighted by Gasteiger charge is -2.06. The Balaban J connectivity index is 1.96. The molecule has 0 bridgehead atoms. The van der Waals surface area contributed by atoms with Crippen LogP contribution in [0.2, 0.25) is 0 Å². The maximum Gasteiger partial charge on any atom is 0.269 e. The molecule has 1 aromatic heterocycles. The fraction of sp³-hybridized carbons (Fsp3) is 0.400. The number of hydrogen-bond acceptors (Lipinski definition) is 4. The van der Waals surface area contributed by atoms with Crippen LogP contribution in [-0.2, 0) is 26.1 Å². The zero-order valence-electron chi connectivity index (χ0n) is 12.4. The lowest BCUT2D eigenvalue weighted by Crippen LogP contribution is -2.16. The van der Waals surface area contributed by atoms with Crippen LogP contribution in [0.25, 0.3) is 0 Å². The normalized spacial score (nSPS) is 10.8. The molecule has 0 unspecified atom stereocenters. The maximum absolute atomic E-state index is 10.7. The summed E-state index contributed by atoms with van der Waals surface area (Å²) in [5, 5.41) is 18.6. The Morgan fingerprint density at radius 2 is 2.10 bits per heavy atom. The van der Waals surface area contributed by atoms with E-state index < -0.39 is 0 Å². The van der Waals surface area contributed by atoms with Gasteiger partial charge in [0.15, 0.2) is 0 Å². The maximum atomic E-state index is 10.7. The first-order valence-electron chi connectivity index (χ1n) is 7.13. The first kappa shape index (κ1) is 15.2. The summed E-state index contributed by atoms with van der Waals surface area (Å²) in [6.07, 6.45) is 0.922. The summed E-state index contributed by atoms with van der Waals surface area (Å²) in [6, 6.07) is 8.80. The van der Waals surface area contributed by atoms with E-state index in [4.69, 9.17) is 0 Å². The van der Waals surface area contributed by atoms with Crippen LogP contribution in [0.1, 0.15) is 30.8 Å². The molecule has 6 heteroatoms. The molecular formula is C15H20N4O2. The molecule has 0 aliphatic carbocycles. The highest BCUT2D eigenvalue weighted by Gasteiger charge is 2.07. The van der Waals surface area contributed by atoms with E-state index >= 15 is 0 Å². The molecule has 1 N–H and O–H groups in total. The molecule has 21 heavy (non-hydrogen) atoms. The van der Waals surface area contributed by atoms with E-state index in [0.29, 0.717) is 13.1 Å². The number of aryl methyl sites for hydroxylation is 2. The predicted octanol–water partition coefficient (Wildman–Crippen LogP) is 2.66. The van der Waals surface area contributed by atoms with Crippen molar-refractivity contribution in [2.45, 2.75) is 39.9 Å². The Morgan fingerprint density at radius 3 is 2.76 bits per heavy atom. The molecule has 0 aliphatic rings. The number of hydrogen-bond donors (Lipinski definition) is 1. The molecule has 0 saturated carbocycles. The third kappa shape index (κ3) is 3.88. The highest BCUT2D eigenvalue weighted by Crippen LogP contribution is 2.13. The van der Waals surface area contributed by atoms with Crippen LogP contribution >= 0.6 is 0 Å². The van der Waals surface area contributed by atoms with Crippen molar-refractivity contribution in [1.29, 1.82) is 0 Å². The van der Waals surface area contributed by atoms with Crippen LogP contribution in [0.5, 0.6) is 0 Å². The Kier molecular flexibility index (Phi) is 5.05. The average Bonchev–Trinajstić information content (AvgIpc) is 2.90. The largest absolute Gasteiger partial charge is 0.307 e. The first-order chi connectivity index (χ1) is 10.1. The van der Waals surface area contributed by atoms with Crippen molar-refractivity contribution in [3.05, 3.63) is 57.4 Å². The minimum atomic E-state index is -0.372. The Morgan fingerprint density at radius 1 is 1.29 bits per heavy atom. The molecule has 2 aromatic rings. The number of non-ortho nitro benzene ring substituents is 1. The van der Waals surface area contributed by atoms with Gasteiger partial charge in [0.2, 0.25) is 0 Å². The van der Waals surface area contributed by atoms with Gasteiger partial charge in [0.25, 0.3) is 5.69 Å². The monoisotopic (exact) mass is 288 g/mol. The topological polar surface area (TPSA) is 73.0 Å². The molecule has 0 atom stereocenters. The van der Waals surface area contributed by atoms with Crippen LogP contribution in [-0.4, -0.2) is 14.7 Å². The fourth-order valence-electron chi connectivity index (χ4n) is 2.22. The molecular weight excluding hydrogens is 268 g/mol. The van der Waals surface area contributed by atoms with Gasteiger partial charge in [-0.25, -0.2) is 0 Å². The summed E-state index contributed by atoms with van der Waals surface area (Å²) < 4.78 is 1.99. The predicted molar refractivity (Wildman–Crippen MR) is 80.9 cm³/mol. The van der Waals surface area contributed by atoms with Gasteiger partial charge in [-0.2, -0.15) is 5.10 Å². The number of nitrogens with zero attached hydrogens (tertiary/aromatic N) is 3. The first-order valence-corrected chi connectivity index (χ1v) is 7.13. The Hall–Kier alpha value is -2.21. The molecule has 0 aliphatic heterocycles. The van der Waals surface area contributed by atoms with Crippen LogP contribution in [0.15, 0.2) is 30.3 Å². The van der Waals surface area contributed by atoms with Gasteiger partial charge in [-0.3, -0.25) is 14.8 Å². The number of aromatic nitrogens is 2. The second-order valence-electron chi connectivity index (χ2n) is 4.83. The van der Waals surface area contributed by atoms with Crippen molar-refractivity contribution in [3.8, 4) is 0 Å². The van der Waals surface area contributed by atoms with Crippen molar-refractivity contribution in [3.63, 3.8) is 0 Å². The lowest BCUT2D eigenvalue weighted by atomic mass is 10.2. The Labute approximate surface area is 123 Å². The summed E-state index contributed by atoms with van der Waals surface area (Å²) in [5.41, 5.74) is 3.26. The number of benzene rings is 1. The molecule has 0 spiro atoms. The molecule has 112 valence electrons. The average molecular weight is 288 g/mol. The zero-order chi connectivity index (χ0) is 15.2. The standard InChI is InChI=1S/C15H20N4O2/c1-3-13-9-15(18(4-2)17-13)11-16-10-12-6-5-7-14(8-12)19(20)21/h5-9,16H,3-4,10-11H2,1-2H3. The fourth-order valence-corrected chi connectivity index (χ4v) is 2.22. The summed E-state index contributed by atoms with van der Waals surface area (Å²) in [4.78, 5) is 10.4. The molecule has 2 rings (SSSR count). The number of nitrogens with one attached hydrogen (secondary N) is 1. The molecule has 0 amide bonds. The van der Waals surface area contributed by atoms with Crippen molar-refractivity contribution < 1.29 is 4.92 Å². The van der Waals surface area contributed by atoms with Crippen molar-refractivity contribution in [2.24, 2.45) is 0 Å². The summed E-state index contributed by atoms with van der Waals surface area (Å²) in [6.45, 7) is 6.29. The van der Waals surface area contributed by atoms with Gasteiger partial charge >= 0.3 is 0 Å². The van der Waals surface area contributed by atoms with Gasteiger partial charge in [-0.1, -0.05) is 19.1 Å². The molecule has 0 fully saturated rings. The van der Waals surface area contributed by atoms with Crippen molar-refractivity contribution >= 4 is 5.69 Å². The van der Waals surface area contributed by atoms with Gasteiger partial charge in [0.05, 0.1) is 16.3 Å². The van der Waals surface area contributed by atoms with Crippen LogP contribution in [0.4, 0.5) is 5.69 Å². The van der Waals surface area contributed by atoms with Gasteiger partial charge in [0.1, 0.15) is 0 Å². The van der Waals surface area contributed by atoms with Crippen molar-refractivity contribution in [2.75, 3.05) is 0 Å². The third-order valence-corrected chi connectivity index (χ3v) is 3.33. The van der Waals surface area contributed by atoms with Crippen LogP contribution in [0.3, 0.4) is 0 Å². The second-order valence-corrected chi connectivity index (χ2v) is 4.83. The lowest BCUT2D eigenvalue weighted by molar-refractivity contribution is -0.384. The van der Waals surface area contributed by atoms with Gasteiger partial charge in [0, 0.05) is 31.8 Å². The van der Waals surface area contributed by atoms with E-state index in [2.05, 4.69) is 30.3 Å². The SMILES string of the molecule is CCc1cc(CNCc2cccc([N+](=O)[O-])c2)n(CC)n1. The molecule has 0 radical (unpaired) electrons. The minimum Gasteiger partial charge on any atom is -0.307 e. The molecule has 1 heterocycles. The number of rotatable bonds is 7. The summed E-state index contributed by atoms with van der Waals surface area (Å²) in [7, 11) is 0. The molecule has 0 saturated heterocycles. The van der Waals surface area contributed by atoms with Crippen LogP contribution < -0.4 is 5.32 Å².